The van der Waals surface area contributed by atoms with E-state index in [0.29, 0.717) is 10.4 Å². The predicted molar refractivity (Wildman–Crippen MR) is 64.3 cm³/mol. The third kappa shape index (κ3) is 1.98. The lowest BCUT2D eigenvalue weighted by Crippen LogP contribution is -2.10. The maximum absolute atomic E-state index is 11.1. The van der Waals surface area contributed by atoms with Crippen LogP contribution in [0.4, 0.5) is 5.82 Å². The molecule has 2 N–H and O–H groups in total. The number of anilines is 1. The quantitative estimate of drug-likeness (QED) is 0.865. The summed E-state index contributed by atoms with van der Waals surface area (Å²) in [5, 5.41) is 7.71. The van der Waals surface area contributed by atoms with E-state index in [0.717, 1.165) is 17.3 Å². The van der Waals surface area contributed by atoms with Gasteiger partial charge in [0.05, 0.1) is 22.2 Å². The van der Waals surface area contributed by atoms with E-state index in [4.69, 9.17) is 11.6 Å². The number of hydrogen-bond donors (Lipinski definition) is 2. The molecule has 16 heavy (non-hydrogen) atoms. The molecule has 0 aliphatic rings. The van der Waals surface area contributed by atoms with Crippen molar-refractivity contribution in [2.24, 2.45) is 0 Å². The van der Waals surface area contributed by atoms with Crippen molar-refractivity contribution in [1.82, 2.24) is 10.2 Å². The summed E-state index contributed by atoms with van der Waals surface area (Å²) >= 11 is 6.01. The second-order valence-electron chi connectivity index (χ2n) is 3.56. The van der Waals surface area contributed by atoms with Gasteiger partial charge in [0, 0.05) is 0 Å². The van der Waals surface area contributed by atoms with Gasteiger partial charge in [0.15, 0.2) is 5.82 Å². The van der Waals surface area contributed by atoms with Crippen molar-refractivity contribution in [2.45, 2.75) is 6.92 Å². The van der Waals surface area contributed by atoms with E-state index >= 15 is 0 Å². The van der Waals surface area contributed by atoms with Crippen LogP contribution in [-0.2, 0) is 10.0 Å². The Balaban J connectivity index is 2.69. The number of H-pyrrole nitrogens is 1. The molecule has 0 aliphatic heterocycles. The smallest absolute Gasteiger partial charge is 0.231 e. The van der Waals surface area contributed by atoms with Crippen molar-refractivity contribution in [3.8, 4) is 0 Å². The lowest BCUT2D eigenvalue weighted by atomic mass is 10.1. The Bertz CT molecular complexity index is 648. The predicted octanol–water partition coefficient (Wildman–Crippen LogP) is 1.90. The molecule has 0 aliphatic carbocycles. The van der Waals surface area contributed by atoms with Gasteiger partial charge in [0.1, 0.15) is 0 Å². The largest absolute Gasteiger partial charge is 0.275 e. The fourth-order valence-electron chi connectivity index (χ4n) is 1.47. The van der Waals surface area contributed by atoms with Gasteiger partial charge in [-0.05, 0) is 18.6 Å². The number of nitrogens with one attached hydrogen (secondary N) is 2. The van der Waals surface area contributed by atoms with Crippen molar-refractivity contribution in [1.29, 1.82) is 0 Å². The Kier molecular flexibility index (Phi) is 2.55. The van der Waals surface area contributed by atoms with E-state index in [1.54, 1.807) is 6.07 Å². The van der Waals surface area contributed by atoms with Crippen LogP contribution in [0.25, 0.3) is 10.9 Å². The number of aryl methyl sites for hydroxylation is 1. The maximum Gasteiger partial charge on any atom is 0.231 e. The first-order valence-corrected chi connectivity index (χ1v) is 6.76. The van der Waals surface area contributed by atoms with Crippen LogP contribution in [0, 0.1) is 6.92 Å². The molecule has 0 amide bonds. The molecule has 0 radical (unpaired) electrons. The van der Waals surface area contributed by atoms with Crippen LogP contribution in [0.1, 0.15) is 5.56 Å². The Morgan fingerprint density at radius 2 is 2.12 bits per heavy atom. The normalized spacial score (nSPS) is 11.9. The van der Waals surface area contributed by atoms with Gasteiger partial charge in [-0.2, -0.15) is 5.10 Å². The van der Waals surface area contributed by atoms with Crippen molar-refractivity contribution < 1.29 is 8.42 Å². The van der Waals surface area contributed by atoms with Crippen LogP contribution >= 0.6 is 11.6 Å². The summed E-state index contributed by atoms with van der Waals surface area (Å²) in [4.78, 5) is 0. The summed E-state index contributed by atoms with van der Waals surface area (Å²) < 4.78 is 24.6. The summed E-state index contributed by atoms with van der Waals surface area (Å²) in [7, 11) is -3.36. The monoisotopic (exact) mass is 259 g/mol. The minimum absolute atomic E-state index is 0.228. The van der Waals surface area contributed by atoms with Gasteiger partial charge in [-0.3, -0.25) is 9.82 Å². The Labute approximate surface area is 97.9 Å². The molecule has 0 atom stereocenters. The molecule has 2 aromatic rings. The number of halogens is 1. The molecule has 2 rings (SSSR count). The minimum Gasteiger partial charge on any atom is -0.275 e. The third-order valence-corrected chi connectivity index (χ3v) is 3.04. The first-order valence-electron chi connectivity index (χ1n) is 4.49. The zero-order chi connectivity index (χ0) is 11.9. The highest BCUT2D eigenvalue weighted by Crippen LogP contribution is 2.30. The van der Waals surface area contributed by atoms with Crippen LogP contribution in [0.15, 0.2) is 12.1 Å². The van der Waals surface area contributed by atoms with Crippen LogP contribution < -0.4 is 4.72 Å². The molecule has 5 nitrogen and oxygen atoms in total. The molecule has 0 unspecified atom stereocenters. The highest BCUT2D eigenvalue weighted by molar-refractivity contribution is 7.92. The average Bonchev–Trinajstić information content (AvgIpc) is 2.54. The van der Waals surface area contributed by atoms with Crippen LogP contribution in [0.2, 0.25) is 5.02 Å². The lowest BCUT2D eigenvalue weighted by molar-refractivity contribution is 0.606. The Morgan fingerprint density at radius 3 is 2.75 bits per heavy atom. The second kappa shape index (κ2) is 3.64. The van der Waals surface area contributed by atoms with Gasteiger partial charge < -0.3 is 0 Å². The summed E-state index contributed by atoms with van der Waals surface area (Å²) in [5.41, 5.74) is 1.69. The summed E-state index contributed by atoms with van der Waals surface area (Å²) in [6.45, 7) is 1.89. The average molecular weight is 260 g/mol. The molecule has 0 saturated carbocycles. The van der Waals surface area contributed by atoms with E-state index < -0.39 is 10.0 Å². The molecule has 1 aromatic heterocycles. The molecule has 0 spiro atoms. The Hall–Kier alpha value is -1.27. The van der Waals surface area contributed by atoms with Crippen LogP contribution in [0.5, 0.6) is 0 Å². The topological polar surface area (TPSA) is 74.8 Å². The number of benzene rings is 1. The first-order chi connectivity index (χ1) is 7.38. The van der Waals surface area contributed by atoms with Gasteiger partial charge >= 0.3 is 0 Å². The molecule has 86 valence electrons. The summed E-state index contributed by atoms with van der Waals surface area (Å²) in [5.74, 6) is 0.228. The zero-order valence-electron chi connectivity index (χ0n) is 8.70. The maximum atomic E-state index is 11.1. The molecular formula is C9H10ClN3O2S. The third-order valence-electron chi connectivity index (χ3n) is 2.16. The van der Waals surface area contributed by atoms with Crippen molar-refractivity contribution in [3.63, 3.8) is 0 Å². The molecule has 0 fully saturated rings. The van der Waals surface area contributed by atoms with Crippen molar-refractivity contribution in [2.75, 3.05) is 11.0 Å². The summed E-state index contributed by atoms with van der Waals surface area (Å²) in [6, 6.07) is 3.55. The van der Waals surface area contributed by atoms with Gasteiger partial charge in [-0.25, -0.2) is 8.42 Å². The highest BCUT2D eigenvalue weighted by atomic mass is 35.5. The van der Waals surface area contributed by atoms with Crippen LogP contribution in [0.3, 0.4) is 0 Å². The number of hydrogen-bond acceptors (Lipinski definition) is 3. The number of aromatic amines is 1. The number of sulfonamides is 1. The minimum atomic E-state index is -3.36. The van der Waals surface area contributed by atoms with Gasteiger partial charge in [-0.1, -0.05) is 17.7 Å². The standard InChI is InChI=1S/C9H10ClN3O2S/c1-5-3-4-6(10)7-8(5)11-12-9(7)13-16(2,14)15/h3-4H,1-2H3,(H2,11,12,13). The first kappa shape index (κ1) is 11.2. The SMILES string of the molecule is Cc1ccc(Cl)c2c(NS(C)(=O)=O)n[nH]c12. The number of nitrogens with zero attached hydrogens (tertiary/aromatic N) is 1. The second-order valence-corrected chi connectivity index (χ2v) is 5.72. The van der Waals surface area contributed by atoms with Gasteiger partial charge in [-0.15, -0.1) is 0 Å². The van der Waals surface area contributed by atoms with Crippen LogP contribution in [-0.4, -0.2) is 24.9 Å². The molecular weight excluding hydrogens is 250 g/mol. The summed E-state index contributed by atoms with van der Waals surface area (Å²) in [6.07, 6.45) is 1.07. The van der Waals surface area contributed by atoms with E-state index in [2.05, 4.69) is 14.9 Å². The van der Waals surface area contributed by atoms with E-state index in [1.807, 2.05) is 13.0 Å². The fraction of sp³-hybridized carbons (Fsp3) is 0.222. The highest BCUT2D eigenvalue weighted by Gasteiger charge is 2.13. The van der Waals surface area contributed by atoms with E-state index in [1.165, 1.54) is 0 Å². The number of fused-ring (bicyclic) bond motifs is 1. The molecule has 0 saturated heterocycles. The van der Waals surface area contributed by atoms with Gasteiger partial charge in [0.2, 0.25) is 10.0 Å². The number of aromatic nitrogens is 2. The lowest BCUT2D eigenvalue weighted by Gasteiger charge is -2.01. The van der Waals surface area contributed by atoms with Crippen molar-refractivity contribution >= 4 is 38.3 Å². The zero-order valence-corrected chi connectivity index (χ0v) is 10.3. The number of rotatable bonds is 2. The van der Waals surface area contributed by atoms with E-state index in [9.17, 15) is 8.42 Å². The van der Waals surface area contributed by atoms with Crippen molar-refractivity contribution in [3.05, 3.63) is 22.7 Å². The molecule has 1 aromatic carbocycles. The molecule has 1 heterocycles. The fourth-order valence-corrected chi connectivity index (χ4v) is 2.22. The van der Waals surface area contributed by atoms with E-state index in [-0.39, 0.29) is 5.82 Å². The Morgan fingerprint density at radius 1 is 1.44 bits per heavy atom. The van der Waals surface area contributed by atoms with Gasteiger partial charge in [0.25, 0.3) is 0 Å². The molecule has 7 heteroatoms. The molecule has 0 bridgehead atoms.